The summed E-state index contributed by atoms with van der Waals surface area (Å²) in [7, 11) is -2.10. The van der Waals surface area contributed by atoms with Gasteiger partial charge < -0.3 is 4.43 Å². The van der Waals surface area contributed by atoms with E-state index >= 15 is 0 Å². The molecule has 0 atom stereocenters. The standard InChI is InChI=1S/C17H20OSi.Li.H/c1-2-18-19(15-9-3-4-10-15,16-11-5-6-12-16)17-13-7-8-14-17;;/h3-9,11,13H,2,10,12,14H2,1H3;;. The first-order chi connectivity index (χ1) is 9.38. The van der Waals surface area contributed by atoms with Gasteiger partial charge >= 0.3 is 18.9 Å². The van der Waals surface area contributed by atoms with Crippen LogP contribution in [0.4, 0.5) is 0 Å². The molecule has 20 heavy (non-hydrogen) atoms. The zero-order chi connectivity index (χ0) is 13.1. The second-order valence-corrected chi connectivity index (χ2v) is 8.66. The molecule has 0 aliphatic heterocycles. The Bertz CT molecular complexity index is 475. The Morgan fingerprint density at radius 2 is 1.25 bits per heavy atom. The minimum atomic E-state index is -2.10. The van der Waals surface area contributed by atoms with Crippen molar-refractivity contribution in [1.82, 2.24) is 0 Å². The number of hydrogen-bond acceptors (Lipinski definition) is 1. The van der Waals surface area contributed by atoms with E-state index in [0.717, 1.165) is 25.9 Å². The van der Waals surface area contributed by atoms with Crippen LogP contribution in [0.1, 0.15) is 26.2 Å². The summed E-state index contributed by atoms with van der Waals surface area (Å²) in [5, 5.41) is 4.54. The summed E-state index contributed by atoms with van der Waals surface area (Å²) in [5.41, 5.74) is 0. The molecule has 3 aliphatic carbocycles. The van der Waals surface area contributed by atoms with Crippen molar-refractivity contribution in [2.24, 2.45) is 0 Å². The Labute approximate surface area is 134 Å². The topological polar surface area (TPSA) is 9.23 Å². The molecule has 0 aromatic rings. The average molecular weight is 276 g/mol. The molecule has 0 N–H and O–H groups in total. The summed E-state index contributed by atoms with van der Waals surface area (Å²) in [4.78, 5) is 0. The van der Waals surface area contributed by atoms with Crippen LogP contribution in [0.2, 0.25) is 0 Å². The fourth-order valence-electron chi connectivity index (χ4n) is 3.24. The normalized spacial score (nSPS) is 19.9. The molecule has 3 rings (SSSR count). The van der Waals surface area contributed by atoms with E-state index in [2.05, 4.69) is 61.6 Å². The van der Waals surface area contributed by atoms with Crippen LogP contribution in [0.15, 0.2) is 70.3 Å². The molecule has 0 aromatic carbocycles. The summed E-state index contributed by atoms with van der Waals surface area (Å²) in [6.45, 7) is 2.91. The van der Waals surface area contributed by atoms with E-state index in [4.69, 9.17) is 4.43 Å². The third kappa shape index (κ3) is 2.54. The number of hydrogen-bond donors (Lipinski definition) is 0. The molecule has 0 radical (unpaired) electrons. The van der Waals surface area contributed by atoms with Gasteiger partial charge in [0.1, 0.15) is 0 Å². The van der Waals surface area contributed by atoms with Gasteiger partial charge in [-0.3, -0.25) is 0 Å². The first kappa shape index (κ1) is 15.6. The van der Waals surface area contributed by atoms with Crippen molar-refractivity contribution in [3.8, 4) is 0 Å². The van der Waals surface area contributed by atoms with E-state index in [1.807, 2.05) is 0 Å². The van der Waals surface area contributed by atoms with Gasteiger partial charge in [0.15, 0.2) is 0 Å². The molecular weight excluding hydrogens is 255 g/mol. The fraction of sp³-hybridized carbons (Fsp3) is 0.294. The first-order valence-corrected chi connectivity index (χ1v) is 9.01. The van der Waals surface area contributed by atoms with E-state index in [9.17, 15) is 0 Å². The minimum absolute atomic E-state index is 0. The van der Waals surface area contributed by atoms with E-state index in [-0.39, 0.29) is 18.9 Å². The van der Waals surface area contributed by atoms with Gasteiger partial charge in [0.2, 0.25) is 0 Å². The van der Waals surface area contributed by atoms with Crippen LogP contribution in [-0.2, 0) is 4.43 Å². The van der Waals surface area contributed by atoms with Crippen molar-refractivity contribution < 1.29 is 4.43 Å². The van der Waals surface area contributed by atoms with E-state index < -0.39 is 8.32 Å². The predicted molar refractivity (Wildman–Crippen MR) is 90.0 cm³/mol. The van der Waals surface area contributed by atoms with Crippen LogP contribution in [0.3, 0.4) is 0 Å². The third-order valence-corrected chi connectivity index (χ3v) is 8.58. The van der Waals surface area contributed by atoms with Gasteiger partial charge in [0, 0.05) is 6.61 Å². The molecule has 1 nitrogen and oxygen atoms in total. The molecule has 3 heteroatoms. The molecule has 0 unspecified atom stereocenters. The molecular formula is C17H21LiOSi. The third-order valence-electron chi connectivity index (χ3n) is 4.03. The zero-order valence-corrected chi connectivity index (χ0v) is 12.4. The quantitative estimate of drug-likeness (QED) is 0.697. The zero-order valence-electron chi connectivity index (χ0n) is 11.4. The van der Waals surface area contributed by atoms with Crippen molar-refractivity contribution in [3.05, 3.63) is 70.3 Å². The number of rotatable bonds is 5. The van der Waals surface area contributed by atoms with Crippen LogP contribution < -0.4 is 0 Å². The van der Waals surface area contributed by atoms with E-state index in [1.165, 1.54) is 15.6 Å². The van der Waals surface area contributed by atoms with Crippen LogP contribution in [0.25, 0.3) is 0 Å². The summed E-state index contributed by atoms with van der Waals surface area (Å²) >= 11 is 0. The molecule has 0 heterocycles. The first-order valence-electron chi connectivity index (χ1n) is 7.10. The molecule has 0 spiro atoms. The van der Waals surface area contributed by atoms with Crippen molar-refractivity contribution in [2.75, 3.05) is 6.61 Å². The summed E-state index contributed by atoms with van der Waals surface area (Å²) < 4.78 is 6.50. The molecule has 100 valence electrons. The van der Waals surface area contributed by atoms with Crippen LogP contribution in [0, 0.1) is 0 Å². The van der Waals surface area contributed by atoms with Crippen molar-refractivity contribution in [2.45, 2.75) is 26.2 Å². The van der Waals surface area contributed by atoms with E-state index in [0.29, 0.717) is 0 Å². The Morgan fingerprint density at radius 3 is 1.50 bits per heavy atom. The molecule has 0 amide bonds. The fourth-order valence-corrected chi connectivity index (χ4v) is 7.67. The Balaban J connectivity index is 0.00000147. The maximum absolute atomic E-state index is 6.50. The maximum atomic E-state index is 6.50. The van der Waals surface area contributed by atoms with Gasteiger partial charge in [-0.1, -0.05) is 54.7 Å². The van der Waals surface area contributed by atoms with Gasteiger partial charge in [-0.25, -0.2) is 0 Å². The van der Waals surface area contributed by atoms with Gasteiger partial charge in [-0.15, -0.1) is 0 Å². The molecule has 0 fully saturated rings. The van der Waals surface area contributed by atoms with Crippen LogP contribution >= 0.6 is 0 Å². The van der Waals surface area contributed by atoms with Crippen LogP contribution in [-0.4, -0.2) is 33.8 Å². The second kappa shape index (κ2) is 6.78. The van der Waals surface area contributed by atoms with Crippen LogP contribution in [0.5, 0.6) is 0 Å². The summed E-state index contributed by atoms with van der Waals surface area (Å²) in [6.07, 6.45) is 23.3. The van der Waals surface area contributed by atoms with Crippen molar-refractivity contribution in [3.63, 3.8) is 0 Å². The molecule has 3 aliphatic rings. The molecule has 0 bridgehead atoms. The predicted octanol–water partition coefficient (Wildman–Crippen LogP) is 3.60. The average Bonchev–Trinajstić information content (AvgIpc) is 3.18. The Morgan fingerprint density at radius 1 is 0.850 bits per heavy atom. The SMILES string of the molecule is CCO[Si](C1=CC=CC1)(C1=CC=CC1)C1=CC=CC1.[LiH]. The molecule has 0 saturated heterocycles. The van der Waals surface area contributed by atoms with Gasteiger partial charge in [0.05, 0.1) is 0 Å². The van der Waals surface area contributed by atoms with Gasteiger partial charge in [0.25, 0.3) is 8.32 Å². The monoisotopic (exact) mass is 276 g/mol. The molecule has 0 saturated carbocycles. The van der Waals surface area contributed by atoms with E-state index in [1.54, 1.807) is 0 Å². The number of allylic oxidation sites excluding steroid dienone is 12. The van der Waals surface area contributed by atoms with Crippen molar-refractivity contribution >= 4 is 27.2 Å². The van der Waals surface area contributed by atoms with Gasteiger partial charge in [-0.05, 0) is 41.8 Å². The van der Waals surface area contributed by atoms with Gasteiger partial charge in [-0.2, -0.15) is 0 Å². The summed E-state index contributed by atoms with van der Waals surface area (Å²) in [5.74, 6) is 0. The molecule has 0 aromatic heterocycles. The summed E-state index contributed by atoms with van der Waals surface area (Å²) in [6, 6.07) is 0. The Kier molecular flexibility index (Phi) is 5.29. The Hall–Kier alpha value is -0.786. The second-order valence-electron chi connectivity index (χ2n) is 5.09. The van der Waals surface area contributed by atoms with Crippen molar-refractivity contribution in [1.29, 1.82) is 0 Å².